The van der Waals surface area contributed by atoms with Gasteiger partial charge in [-0.25, -0.2) is 0 Å². The first-order valence-electron chi connectivity index (χ1n) is 7.49. The first-order chi connectivity index (χ1) is 11.8. The molecule has 5 N–H and O–H groups in total. The lowest BCUT2D eigenvalue weighted by Crippen LogP contribution is -2.12. The maximum Gasteiger partial charge on any atom is 0.248 e. The molecule has 0 aromatic heterocycles. The number of hydrogen-bond acceptors (Lipinski definition) is 4. The molecule has 5 nitrogen and oxygen atoms in total. The van der Waals surface area contributed by atoms with Crippen molar-refractivity contribution in [1.29, 1.82) is 0 Å². The van der Waals surface area contributed by atoms with Crippen LogP contribution in [0.3, 0.4) is 0 Å². The predicted molar refractivity (Wildman–Crippen MR) is 106 cm³/mol. The van der Waals surface area contributed by atoms with E-state index in [4.69, 9.17) is 5.73 Å². The molecule has 2 rings (SSSR count). The standard InChI is InChI=1S/C18H18Br2N2O3/c1-10(17(24)12-8-11(19)9-13(20)18(12)25)6-7-16(23)22-15-5-3-2-4-14(15)21/h2-10,17,24-25H,21H2,1H3,(H,22,23)/b7-6+/t10-,17-/m0/s1. The first-order valence-corrected chi connectivity index (χ1v) is 9.08. The van der Waals surface area contributed by atoms with Crippen LogP contribution in [0.1, 0.15) is 18.6 Å². The highest BCUT2D eigenvalue weighted by Gasteiger charge is 2.20. The number of hydrogen-bond donors (Lipinski definition) is 4. The lowest BCUT2D eigenvalue weighted by Gasteiger charge is -2.18. The van der Waals surface area contributed by atoms with Gasteiger partial charge < -0.3 is 21.3 Å². The van der Waals surface area contributed by atoms with E-state index in [9.17, 15) is 15.0 Å². The summed E-state index contributed by atoms with van der Waals surface area (Å²) >= 11 is 6.56. The Hall–Kier alpha value is -1.83. The average Bonchev–Trinajstić information content (AvgIpc) is 2.57. The number of nitrogen functional groups attached to an aromatic ring is 1. The summed E-state index contributed by atoms with van der Waals surface area (Å²) < 4.78 is 1.20. The van der Waals surface area contributed by atoms with Crippen molar-refractivity contribution in [2.24, 2.45) is 5.92 Å². The Balaban J connectivity index is 2.08. The molecule has 0 heterocycles. The van der Waals surface area contributed by atoms with Crippen molar-refractivity contribution in [2.45, 2.75) is 13.0 Å². The Bertz CT molecular complexity index is 809. The minimum atomic E-state index is -0.973. The molecule has 0 radical (unpaired) electrons. The van der Waals surface area contributed by atoms with Crippen molar-refractivity contribution in [1.82, 2.24) is 0 Å². The highest BCUT2D eigenvalue weighted by atomic mass is 79.9. The SMILES string of the molecule is C[C@@H](/C=C/C(=O)Nc1ccccc1N)[C@H](O)c1cc(Br)cc(Br)c1O. The quantitative estimate of drug-likeness (QED) is 0.386. The monoisotopic (exact) mass is 468 g/mol. The second kappa shape index (κ2) is 8.51. The van der Waals surface area contributed by atoms with Crippen LogP contribution in [0.5, 0.6) is 5.75 Å². The number of benzene rings is 2. The second-order valence-corrected chi connectivity index (χ2v) is 7.34. The molecule has 2 aromatic rings. The first kappa shape index (κ1) is 19.5. The van der Waals surface area contributed by atoms with Crippen molar-refractivity contribution < 1.29 is 15.0 Å². The van der Waals surface area contributed by atoms with Crippen LogP contribution in [-0.4, -0.2) is 16.1 Å². The third-order valence-corrected chi connectivity index (χ3v) is 4.71. The van der Waals surface area contributed by atoms with Crippen molar-refractivity contribution >= 4 is 49.1 Å². The molecule has 2 atom stereocenters. The van der Waals surface area contributed by atoms with E-state index in [0.717, 1.165) is 4.47 Å². The van der Waals surface area contributed by atoms with E-state index >= 15 is 0 Å². The minimum absolute atomic E-state index is 0.0301. The van der Waals surface area contributed by atoms with Gasteiger partial charge in [0.05, 0.1) is 22.0 Å². The largest absolute Gasteiger partial charge is 0.506 e. The number of aliphatic hydroxyl groups excluding tert-OH is 1. The smallest absolute Gasteiger partial charge is 0.248 e. The van der Waals surface area contributed by atoms with Crippen molar-refractivity contribution in [3.63, 3.8) is 0 Å². The van der Waals surface area contributed by atoms with Gasteiger partial charge in [0.2, 0.25) is 5.91 Å². The van der Waals surface area contributed by atoms with Gasteiger partial charge in [-0.05, 0) is 46.3 Å². The maximum absolute atomic E-state index is 12.0. The number of rotatable bonds is 5. The molecule has 132 valence electrons. The number of carbonyl (C=O) groups excluding carboxylic acids is 1. The van der Waals surface area contributed by atoms with Gasteiger partial charge in [0.1, 0.15) is 5.75 Å². The van der Waals surface area contributed by atoms with Crippen LogP contribution < -0.4 is 11.1 Å². The van der Waals surface area contributed by atoms with E-state index in [0.29, 0.717) is 21.4 Å². The molecule has 25 heavy (non-hydrogen) atoms. The number of para-hydroxylation sites is 2. The number of nitrogens with one attached hydrogen (secondary N) is 1. The van der Waals surface area contributed by atoms with Crippen LogP contribution in [0, 0.1) is 5.92 Å². The summed E-state index contributed by atoms with van der Waals surface area (Å²) in [6.45, 7) is 1.75. The summed E-state index contributed by atoms with van der Waals surface area (Å²) in [5, 5.41) is 23.2. The second-order valence-electron chi connectivity index (χ2n) is 5.57. The summed E-state index contributed by atoms with van der Waals surface area (Å²) in [4.78, 5) is 12.0. The molecule has 0 bridgehead atoms. The molecular weight excluding hydrogens is 452 g/mol. The predicted octanol–water partition coefficient (Wildman–Crippen LogP) is 4.36. The summed E-state index contributed by atoms with van der Waals surface area (Å²) in [6, 6.07) is 10.3. The zero-order chi connectivity index (χ0) is 18.6. The van der Waals surface area contributed by atoms with E-state index in [1.807, 2.05) is 0 Å². The molecule has 0 saturated carbocycles. The number of carbonyl (C=O) groups is 1. The molecule has 0 aliphatic heterocycles. The van der Waals surface area contributed by atoms with E-state index < -0.39 is 12.0 Å². The molecule has 7 heteroatoms. The Labute approximate surface area is 162 Å². The van der Waals surface area contributed by atoms with Gasteiger partial charge in [0.25, 0.3) is 0 Å². The van der Waals surface area contributed by atoms with E-state index in [-0.39, 0.29) is 11.7 Å². The number of aliphatic hydroxyl groups is 1. The van der Waals surface area contributed by atoms with Crippen molar-refractivity contribution in [3.05, 3.63) is 63.1 Å². The summed E-state index contributed by atoms with van der Waals surface area (Å²) in [6.07, 6.45) is 1.94. The number of nitrogens with two attached hydrogens (primary N) is 1. The lowest BCUT2D eigenvalue weighted by molar-refractivity contribution is -0.111. The molecule has 0 fully saturated rings. The van der Waals surface area contributed by atoms with Gasteiger partial charge in [-0.2, -0.15) is 0 Å². The molecule has 0 spiro atoms. The fourth-order valence-electron chi connectivity index (χ4n) is 2.22. The lowest BCUT2D eigenvalue weighted by atomic mass is 9.96. The highest BCUT2D eigenvalue weighted by Crippen LogP contribution is 2.37. The Morgan fingerprint density at radius 2 is 1.96 bits per heavy atom. The van der Waals surface area contributed by atoms with Crippen LogP contribution >= 0.6 is 31.9 Å². The molecule has 1 amide bonds. The van der Waals surface area contributed by atoms with E-state index in [1.165, 1.54) is 6.08 Å². The Morgan fingerprint density at radius 1 is 1.28 bits per heavy atom. The van der Waals surface area contributed by atoms with Gasteiger partial charge in [-0.1, -0.05) is 41.1 Å². The number of amides is 1. The topological polar surface area (TPSA) is 95.6 Å². The number of phenolic OH excluding ortho intramolecular Hbond substituents is 1. The van der Waals surface area contributed by atoms with Crippen LogP contribution in [-0.2, 0) is 4.79 Å². The number of phenols is 1. The Morgan fingerprint density at radius 3 is 2.64 bits per heavy atom. The van der Waals surface area contributed by atoms with Crippen LogP contribution in [0.15, 0.2) is 57.5 Å². The molecule has 0 unspecified atom stereocenters. The fourth-order valence-corrected chi connectivity index (χ4v) is 3.48. The van der Waals surface area contributed by atoms with Gasteiger partial charge >= 0.3 is 0 Å². The summed E-state index contributed by atoms with van der Waals surface area (Å²) in [5.74, 6) is -0.778. The number of aromatic hydroxyl groups is 1. The zero-order valence-corrected chi connectivity index (χ0v) is 16.6. The summed E-state index contributed by atoms with van der Waals surface area (Å²) in [5.41, 5.74) is 7.15. The average molecular weight is 470 g/mol. The van der Waals surface area contributed by atoms with Crippen LogP contribution in [0.4, 0.5) is 11.4 Å². The van der Waals surface area contributed by atoms with Crippen LogP contribution in [0.2, 0.25) is 0 Å². The highest BCUT2D eigenvalue weighted by molar-refractivity contribution is 9.11. The fraction of sp³-hybridized carbons (Fsp3) is 0.167. The Kier molecular flexibility index (Phi) is 6.64. The van der Waals surface area contributed by atoms with E-state index in [2.05, 4.69) is 37.2 Å². The van der Waals surface area contributed by atoms with Crippen molar-refractivity contribution in [2.75, 3.05) is 11.1 Å². The molecule has 2 aromatic carbocycles. The molecular formula is C18H18Br2N2O3. The van der Waals surface area contributed by atoms with Gasteiger partial charge in [0, 0.05) is 16.0 Å². The van der Waals surface area contributed by atoms with Gasteiger partial charge in [0.15, 0.2) is 0 Å². The van der Waals surface area contributed by atoms with Crippen LogP contribution in [0.25, 0.3) is 0 Å². The zero-order valence-electron chi connectivity index (χ0n) is 13.4. The maximum atomic E-state index is 12.0. The summed E-state index contributed by atoms with van der Waals surface area (Å²) in [7, 11) is 0. The minimum Gasteiger partial charge on any atom is -0.506 e. The normalized spacial score (nSPS) is 13.6. The number of halogens is 2. The third kappa shape index (κ3) is 5.07. The molecule has 0 saturated heterocycles. The van der Waals surface area contributed by atoms with E-state index in [1.54, 1.807) is 49.4 Å². The van der Waals surface area contributed by atoms with Gasteiger partial charge in [-0.3, -0.25) is 4.79 Å². The van der Waals surface area contributed by atoms with Crippen molar-refractivity contribution in [3.8, 4) is 5.75 Å². The molecule has 0 aliphatic rings. The third-order valence-electron chi connectivity index (χ3n) is 3.64. The number of anilines is 2. The van der Waals surface area contributed by atoms with Gasteiger partial charge in [-0.15, -0.1) is 0 Å². The molecule has 0 aliphatic carbocycles.